The molecule has 126 valence electrons. The highest BCUT2D eigenvalue weighted by molar-refractivity contribution is 5.83. The molecule has 2 aromatic rings. The molecule has 1 aromatic carbocycles. The zero-order valence-corrected chi connectivity index (χ0v) is 13.7. The van der Waals surface area contributed by atoms with Crippen molar-refractivity contribution in [3.05, 3.63) is 46.4 Å². The summed E-state index contributed by atoms with van der Waals surface area (Å²) in [6, 6.07) is 9.30. The third kappa shape index (κ3) is 3.04. The smallest absolute Gasteiger partial charge is 0.259 e. The van der Waals surface area contributed by atoms with Gasteiger partial charge in [0.05, 0.1) is 0 Å². The molecular formula is C18H21N3O3. The molecule has 24 heavy (non-hydrogen) atoms. The van der Waals surface area contributed by atoms with E-state index in [1.807, 2.05) is 31.2 Å². The summed E-state index contributed by atoms with van der Waals surface area (Å²) in [5.74, 6) is -0.554. The standard InChI is InChI=1S/C18H21N3O3/c1-12-10-14-4-2-3-5-15(14)18(24)21(12)11-16(22)20-8-6-13(7-9-20)17(19)23/h2-5,10,13H,6-9,11H2,1H3,(H2,19,23). The van der Waals surface area contributed by atoms with Crippen LogP contribution in [0, 0.1) is 12.8 Å². The van der Waals surface area contributed by atoms with Crippen molar-refractivity contribution in [3.8, 4) is 0 Å². The number of fused-ring (bicyclic) bond motifs is 1. The van der Waals surface area contributed by atoms with Crippen molar-refractivity contribution in [2.75, 3.05) is 13.1 Å². The Labute approximate surface area is 139 Å². The Balaban J connectivity index is 1.79. The van der Waals surface area contributed by atoms with E-state index in [1.54, 1.807) is 11.0 Å². The number of aryl methyl sites for hydroxylation is 1. The predicted octanol–water partition coefficient (Wildman–Crippen LogP) is 1.03. The number of primary amides is 1. The minimum Gasteiger partial charge on any atom is -0.369 e. The van der Waals surface area contributed by atoms with Gasteiger partial charge in [0.15, 0.2) is 0 Å². The lowest BCUT2D eigenvalue weighted by Crippen LogP contribution is -2.44. The van der Waals surface area contributed by atoms with E-state index in [4.69, 9.17) is 5.73 Å². The third-order valence-electron chi connectivity index (χ3n) is 4.77. The quantitative estimate of drug-likeness (QED) is 0.914. The molecule has 0 bridgehead atoms. The largest absolute Gasteiger partial charge is 0.369 e. The molecule has 1 fully saturated rings. The molecule has 1 aliphatic rings. The molecule has 2 N–H and O–H groups in total. The van der Waals surface area contributed by atoms with E-state index < -0.39 is 0 Å². The van der Waals surface area contributed by atoms with Crippen LogP contribution in [0.2, 0.25) is 0 Å². The first kappa shape index (κ1) is 16.2. The van der Waals surface area contributed by atoms with Crippen molar-refractivity contribution < 1.29 is 9.59 Å². The Morgan fingerprint density at radius 2 is 1.88 bits per heavy atom. The van der Waals surface area contributed by atoms with Gasteiger partial charge in [-0.2, -0.15) is 0 Å². The Hall–Kier alpha value is -2.63. The summed E-state index contributed by atoms with van der Waals surface area (Å²) in [6.45, 7) is 2.87. The Bertz CT molecular complexity index is 848. The average Bonchev–Trinajstić information content (AvgIpc) is 2.58. The lowest BCUT2D eigenvalue weighted by Gasteiger charge is -2.31. The molecule has 0 saturated carbocycles. The number of nitrogens with two attached hydrogens (primary N) is 1. The summed E-state index contributed by atoms with van der Waals surface area (Å²) >= 11 is 0. The average molecular weight is 327 g/mol. The van der Waals surface area contributed by atoms with Gasteiger partial charge in [-0.3, -0.25) is 14.4 Å². The molecule has 0 spiro atoms. The van der Waals surface area contributed by atoms with E-state index in [-0.39, 0.29) is 29.8 Å². The van der Waals surface area contributed by atoms with Gasteiger partial charge in [0, 0.05) is 30.1 Å². The Morgan fingerprint density at radius 1 is 1.21 bits per heavy atom. The molecule has 0 unspecified atom stereocenters. The second-order valence-corrected chi connectivity index (χ2v) is 6.32. The van der Waals surface area contributed by atoms with Crippen LogP contribution < -0.4 is 11.3 Å². The minimum absolute atomic E-state index is 0.0245. The first-order valence-corrected chi connectivity index (χ1v) is 8.13. The van der Waals surface area contributed by atoms with Crippen molar-refractivity contribution in [2.24, 2.45) is 11.7 Å². The number of piperidine rings is 1. The number of hydrogen-bond donors (Lipinski definition) is 1. The number of likely N-dealkylation sites (tertiary alicyclic amines) is 1. The molecule has 0 aliphatic carbocycles. The first-order valence-electron chi connectivity index (χ1n) is 8.13. The number of aromatic nitrogens is 1. The summed E-state index contributed by atoms with van der Waals surface area (Å²) in [7, 11) is 0. The molecule has 1 aromatic heterocycles. The van der Waals surface area contributed by atoms with Crippen LogP contribution >= 0.6 is 0 Å². The molecule has 6 nitrogen and oxygen atoms in total. The van der Waals surface area contributed by atoms with E-state index in [0.29, 0.717) is 31.3 Å². The lowest BCUT2D eigenvalue weighted by molar-refractivity contribution is -0.135. The third-order valence-corrected chi connectivity index (χ3v) is 4.77. The van der Waals surface area contributed by atoms with Gasteiger partial charge in [0.25, 0.3) is 5.56 Å². The molecule has 2 heterocycles. The fraction of sp³-hybridized carbons (Fsp3) is 0.389. The predicted molar refractivity (Wildman–Crippen MR) is 91.4 cm³/mol. The Kier molecular flexibility index (Phi) is 4.38. The molecule has 1 saturated heterocycles. The summed E-state index contributed by atoms with van der Waals surface area (Å²) in [5.41, 5.74) is 5.93. The van der Waals surface area contributed by atoms with Crippen molar-refractivity contribution in [3.63, 3.8) is 0 Å². The highest BCUT2D eigenvalue weighted by atomic mass is 16.2. The Morgan fingerprint density at radius 3 is 2.54 bits per heavy atom. The van der Waals surface area contributed by atoms with Gasteiger partial charge in [0.2, 0.25) is 11.8 Å². The summed E-state index contributed by atoms with van der Waals surface area (Å²) in [5, 5.41) is 1.49. The van der Waals surface area contributed by atoms with E-state index in [9.17, 15) is 14.4 Å². The number of carbonyl (C=O) groups excluding carboxylic acids is 2. The number of hydrogen-bond acceptors (Lipinski definition) is 3. The van der Waals surface area contributed by atoms with E-state index in [0.717, 1.165) is 11.1 Å². The highest BCUT2D eigenvalue weighted by Crippen LogP contribution is 2.17. The number of amides is 2. The van der Waals surface area contributed by atoms with Crippen molar-refractivity contribution in [1.29, 1.82) is 0 Å². The summed E-state index contributed by atoms with van der Waals surface area (Å²) in [6.07, 6.45) is 1.18. The van der Waals surface area contributed by atoms with Gasteiger partial charge < -0.3 is 15.2 Å². The topological polar surface area (TPSA) is 85.4 Å². The van der Waals surface area contributed by atoms with Crippen LogP contribution in [0.4, 0.5) is 0 Å². The summed E-state index contributed by atoms with van der Waals surface area (Å²) < 4.78 is 1.52. The van der Waals surface area contributed by atoms with Crippen molar-refractivity contribution in [2.45, 2.75) is 26.3 Å². The summed E-state index contributed by atoms with van der Waals surface area (Å²) in [4.78, 5) is 38.1. The molecule has 0 radical (unpaired) electrons. The van der Waals surface area contributed by atoms with Crippen LogP contribution in [-0.2, 0) is 16.1 Å². The van der Waals surface area contributed by atoms with Gasteiger partial charge in [-0.25, -0.2) is 0 Å². The number of nitrogens with zero attached hydrogens (tertiary/aromatic N) is 2. The lowest BCUT2D eigenvalue weighted by atomic mass is 9.96. The molecule has 3 rings (SSSR count). The highest BCUT2D eigenvalue weighted by Gasteiger charge is 2.26. The van der Waals surface area contributed by atoms with E-state index in [1.165, 1.54) is 4.57 Å². The van der Waals surface area contributed by atoms with Crippen LogP contribution in [0.15, 0.2) is 35.1 Å². The van der Waals surface area contributed by atoms with Crippen LogP contribution in [0.25, 0.3) is 10.8 Å². The molecular weight excluding hydrogens is 306 g/mol. The number of pyridine rings is 1. The monoisotopic (exact) mass is 327 g/mol. The molecule has 6 heteroatoms. The maximum atomic E-state index is 12.6. The maximum Gasteiger partial charge on any atom is 0.259 e. The van der Waals surface area contributed by atoms with Crippen LogP contribution in [0.1, 0.15) is 18.5 Å². The van der Waals surface area contributed by atoms with Gasteiger partial charge >= 0.3 is 0 Å². The maximum absolute atomic E-state index is 12.6. The number of benzene rings is 1. The molecule has 1 aliphatic heterocycles. The van der Waals surface area contributed by atoms with E-state index in [2.05, 4.69) is 0 Å². The van der Waals surface area contributed by atoms with Crippen molar-refractivity contribution in [1.82, 2.24) is 9.47 Å². The second kappa shape index (κ2) is 6.47. The van der Waals surface area contributed by atoms with Crippen LogP contribution in [0.5, 0.6) is 0 Å². The van der Waals surface area contributed by atoms with Gasteiger partial charge in [-0.1, -0.05) is 18.2 Å². The first-order chi connectivity index (χ1) is 11.5. The zero-order valence-electron chi connectivity index (χ0n) is 13.7. The molecule has 0 atom stereocenters. The van der Waals surface area contributed by atoms with Gasteiger partial charge in [-0.05, 0) is 37.3 Å². The number of carbonyl (C=O) groups is 2. The minimum atomic E-state index is -0.302. The van der Waals surface area contributed by atoms with Gasteiger partial charge in [0.1, 0.15) is 6.54 Å². The number of rotatable bonds is 3. The SMILES string of the molecule is Cc1cc2ccccc2c(=O)n1CC(=O)N1CCC(C(N)=O)CC1. The molecule has 2 amide bonds. The normalized spacial score (nSPS) is 15.6. The van der Waals surface area contributed by atoms with Gasteiger partial charge in [-0.15, -0.1) is 0 Å². The fourth-order valence-corrected chi connectivity index (χ4v) is 3.27. The van der Waals surface area contributed by atoms with Crippen LogP contribution in [-0.4, -0.2) is 34.4 Å². The van der Waals surface area contributed by atoms with Crippen LogP contribution in [0.3, 0.4) is 0 Å². The fourth-order valence-electron chi connectivity index (χ4n) is 3.27. The second-order valence-electron chi connectivity index (χ2n) is 6.32. The zero-order chi connectivity index (χ0) is 17.3. The van der Waals surface area contributed by atoms with E-state index >= 15 is 0 Å². The van der Waals surface area contributed by atoms with Crippen molar-refractivity contribution >= 4 is 22.6 Å².